The lowest BCUT2D eigenvalue weighted by molar-refractivity contribution is 0.104. The predicted octanol–water partition coefficient (Wildman–Crippen LogP) is 4.38. The zero-order chi connectivity index (χ0) is 16.3. The van der Waals surface area contributed by atoms with Gasteiger partial charge in [0.15, 0.2) is 5.78 Å². The number of aromatic nitrogens is 1. The Balaban J connectivity index is 1.91. The molecule has 0 atom stereocenters. The molecule has 2 heterocycles. The molecule has 1 aliphatic heterocycles. The number of nitrogens with zero attached hydrogens (tertiary/aromatic N) is 2. The molecule has 120 valence electrons. The van der Waals surface area contributed by atoms with Crippen LogP contribution in [0.25, 0.3) is 22.0 Å². The Morgan fingerprint density at radius 2 is 1.54 bits per heavy atom. The average molecular weight is 316 g/mol. The first-order valence-corrected chi connectivity index (χ1v) is 8.78. The van der Waals surface area contributed by atoms with Crippen molar-refractivity contribution in [3.05, 3.63) is 53.6 Å². The Labute approximate surface area is 141 Å². The SMILES string of the molecule is Cn1c(N2CCCCC2)c2c3c(cccc31)C(=O)c1ccccc1-2. The number of carbonyl (C=O) groups excluding carboxylic acids is 1. The number of benzene rings is 2. The molecule has 2 aliphatic rings. The van der Waals surface area contributed by atoms with E-state index >= 15 is 0 Å². The molecule has 0 bridgehead atoms. The van der Waals surface area contributed by atoms with Gasteiger partial charge in [0.1, 0.15) is 5.82 Å². The van der Waals surface area contributed by atoms with Gasteiger partial charge in [-0.1, -0.05) is 36.4 Å². The first-order chi connectivity index (χ1) is 11.8. The summed E-state index contributed by atoms with van der Waals surface area (Å²) >= 11 is 0. The number of anilines is 1. The zero-order valence-corrected chi connectivity index (χ0v) is 13.9. The monoisotopic (exact) mass is 316 g/mol. The highest BCUT2D eigenvalue weighted by Crippen LogP contribution is 2.46. The van der Waals surface area contributed by atoms with Crippen molar-refractivity contribution in [2.75, 3.05) is 18.0 Å². The molecule has 2 aromatic carbocycles. The lowest BCUT2D eigenvalue weighted by Crippen LogP contribution is -2.31. The predicted molar refractivity (Wildman–Crippen MR) is 97.9 cm³/mol. The third kappa shape index (κ3) is 1.70. The molecule has 0 amide bonds. The molecule has 5 rings (SSSR count). The minimum absolute atomic E-state index is 0.152. The molecule has 0 unspecified atom stereocenters. The summed E-state index contributed by atoms with van der Waals surface area (Å²) in [6.45, 7) is 2.20. The smallest absolute Gasteiger partial charge is 0.194 e. The highest BCUT2D eigenvalue weighted by Gasteiger charge is 2.31. The number of carbonyl (C=O) groups is 1. The van der Waals surface area contributed by atoms with E-state index in [9.17, 15) is 4.79 Å². The fourth-order valence-electron chi connectivity index (χ4n) is 4.44. The molecular formula is C21H20N2O. The third-order valence-corrected chi connectivity index (χ3v) is 5.54. The largest absolute Gasteiger partial charge is 0.357 e. The summed E-state index contributed by atoms with van der Waals surface area (Å²) in [6.07, 6.45) is 3.80. The van der Waals surface area contributed by atoms with Gasteiger partial charge in [0.05, 0.1) is 5.52 Å². The molecule has 0 N–H and O–H groups in total. The zero-order valence-electron chi connectivity index (χ0n) is 13.9. The van der Waals surface area contributed by atoms with Gasteiger partial charge in [0.2, 0.25) is 0 Å². The number of hydrogen-bond donors (Lipinski definition) is 0. The summed E-state index contributed by atoms with van der Waals surface area (Å²) < 4.78 is 2.29. The van der Waals surface area contributed by atoms with E-state index in [1.807, 2.05) is 30.3 Å². The van der Waals surface area contributed by atoms with E-state index in [2.05, 4.69) is 28.6 Å². The molecule has 0 saturated carbocycles. The molecule has 3 heteroatoms. The quantitative estimate of drug-likeness (QED) is 0.521. The van der Waals surface area contributed by atoms with Gasteiger partial charge >= 0.3 is 0 Å². The van der Waals surface area contributed by atoms with Gasteiger partial charge in [-0.2, -0.15) is 0 Å². The maximum atomic E-state index is 13.0. The lowest BCUT2D eigenvalue weighted by atomic mass is 9.85. The van der Waals surface area contributed by atoms with E-state index in [4.69, 9.17) is 0 Å². The average Bonchev–Trinajstić information content (AvgIpc) is 2.94. The van der Waals surface area contributed by atoms with Crippen molar-refractivity contribution in [2.24, 2.45) is 7.05 Å². The van der Waals surface area contributed by atoms with Crippen LogP contribution in [0.3, 0.4) is 0 Å². The molecular weight excluding hydrogens is 296 g/mol. The van der Waals surface area contributed by atoms with Gasteiger partial charge in [-0.05, 0) is 30.9 Å². The second kappa shape index (κ2) is 4.97. The van der Waals surface area contributed by atoms with Gasteiger partial charge in [-0.15, -0.1) is 0 Å². The Morgan fingerprint density at radius 3 is 2.33 bits per heavy atom. The van der Waals surface area contributed by atoms with Crippen molar-refractivity contribution in [2.45, 2.75) is 19.3 Å². The van der Waals surface area contributed by atoms with Crippen LogP contribution in [0.5, 0.6) is 0 Å². The molecule has 1 aromatic heterocycles. The third-order valence-electron chi connectivity index (χ3n) is 5.54. The summed E-state index contributed by atoms with van der Waals surface area (Å²) in [5.41, 5.74) is 5.18. The van der Waals surface area contributed by atoms with E-state index in [0.717, 1.165) is 40.7 Å². The highest BCUT2D eigenvalue weighted by molar-refractivity contribution is 6.27. The van der Waals surface area contributed by atoms with Gasteiger partial charge in [-0.25, -0.2) is 0 Å². The molecule has 1 aliphatic carbocycles. The van der Waals surface area contributed by atoms with Crippen molar-refractivity contribution in [1.82, 2.24) is 4.57 Å². The minimum atomic E-state index is 0.152. The van der Waals surface area contributed by atoms with Crippen LogP contribution >= 0.6 is 0 Å². The normalized spacial score (nSPS) is 16.5. The van der Waals surface area contributed by atoms with E-state index in [1.165, 1.54) is 30.6 Å². The number of fused-ring (bicyclic) bond motifs is 2. The van der Waals surface area contributed by atoms with Crippen LogP contribution in [0.4, 0.5) is 5.82 Å². The highest BCUT2D eigenvalue weighted by atomic mass is 16.1. The Bertz CT molecular complexity index is 977. The van der Waals surface area contributed by atoms with Crippen LogP contribution in [0.15, 0.2) is 42.5 Å². The minimum Gasteiger partial charge on any atom is -0.357 e. The van der Waals surface area contributed by atoms with Crippen LogP contribution in [-0.4, -0.2) is 23.4 Å². The number of rotatable bonds is 1. The molecule has 24 heavy (non-hydrogen) atoms. The van der Waals surface area contributed by atoms with Gasteiger partial charge < -0.3 is 9.47 Å². The number of hydrogen-bond acceptors (Lipinski definition) is 2. The molecule has 1 saturated heterocycles. The summed E-state index contributed by atoms with van der Waals surface area (Å²) in [5.74, 6) is 1.43. The van der Waals surface area contributed by atoms with E-state index in [-0.39, 0.29) is 5.78 Å². The Kier molecular flexibility index (Phi) is 2.87. The van der Waals surface area contributed by atoms with Crippen LogP contribution in [0.1, 0.15) is 35.2 Å². The first kappa shape index (κ1) is 13.8. The number of aryl methyl sites for hydroxylation is 1. The Hall–Kier alpha value is -2.55. The lowest BCUT2D eigenvalue weighted by Gasteiger charge is -2.31. The van der Waals surface area contributed by atoms with Crippen molar-refractivity contribution >= 4 is 22.5 Å². The maximum Gasteiger partial charge on any atom is 0.194 e. The maximum absolute atomic E-state index is 13.0. The van der Waals surface area contributed by atoms with Gasteiger partial charge in [0, 0.05) is 42.2 Å². The summed E-state index contributed by atoms with van der Waals surface area (Å²) in [5, 5.41) is 1.13. The summed E-state index contributed by atoms with van der Waals surface area (Å²) in [4.78, 5) is 15.5. The fraction of sp³-hybridized carbons (Fsp3) is 0.286. The second-order valence-corrected chi connectivity index (χ2v) is 6.88. The van der Waals surface area contributed by atoms with Crippen LogP contribution < -0.4 is 4.90 Å². The number of piperidine rings is 1. The topological polar surface area (TPSA) is 25.2 Å². The fourth-order valence-corrected chi connectivity index (χ4v) is 4.44. The first-order valence-electron chi connectivity index (χ1n) is 8.78. The van der Waals surface area contributed by atoms with E-state index in [0.29, 0.717) is 0 Å². The van der Waals surface area contributed by atoms with Crippen molar-refractivity contribution in [1.29, 1.82) is 0 Å². The summed E-state index contributed by atoms with van der Waals surface area (Å²) in [7, 11) is 2.14. The van der Waals surface area contributed by atoms with Crippen molar-refractivity contribution in [3.63, 3.8) is 0 Å². The van der Waals surface area contributed by atoms with Gasteiger partial charge in [0.25, 0.3) is 0 Å². The molecule has 0 radical (unpaired) electrons. The van der Waals surface area contributed by atoms with E-state index in [1.54, 1.807) is 0 Å². The van der Waals surface area contributed by atoms with Crippen molar-refractivity contribution < 1.29 is 4.79 Å². The Morgan fingerprint density at radius 1 is 0.833 bits per heavy atom. The summed E-state index contributed by atoms with van der Waals surface area (Å²) in [6, 6.07) is 14.2. The molecule has 0 spiro atoms. The second-order valence-electron chi connectivity index (χ2n) is 6.88. The van der Waals surface area contributed by atoms with Crippen molar-refractivity contribution in [3.8, 4) is 11.1 Å². The van der Waals surface area contributed by atoms with Crippen LogP contribution in [0, 0.1) is 0 Å². The molecule has 1 fully saturated rings. The molecule has 3 aromatic rings. The standard InChI is InChI=1S/C21H20N2O/c1-22-17-11-7-10-16-18(17)19(21(22)23-12-5-2-6-13-23)14-8-3-4-9-15(14)20(16)24/h3-4,7-11H,2,5-6,12-13H2,1H3. The van der Waals surface area contributed by atoms with Crippen LogP contribution in [0.2, 0.25) is 0 Å². The van der Waals surface area contributed by atoms with Crippen LogP contribution in [-0.2, 0) is 7.05 Å². The molecule has 3 nitrogen and oxygen atoms in total. The number of ketones is 1. The van der Waals surface area contributed by atoms with Gasteiger partial charge in [-0.3, -0.25) is 4.79 Å². The van der Waals surface area contributed by atoms with E-state index < -0.39 is 0 Å².